The second kappa shape index (κ2) is 5.39. The minimum absolute atomic E-state index is 0.0925. The summed E-state index contributed by atoms with van der Waals surface area (Å²) in [7, 11) is 1.61. The lowest BCUT2D eigenvalue weighted by molar-refractivity contribution is -0.126. The van der Waals surface area contributed by atoms with Gasteiger partial charge in [0.25, 0.3) is 0 Å². The van der Waals surface area contributed by atoms with Crippen molar-refractivity contribution in [3.8, 4) is 5.75 Å². The molecule has 1 saturated heterocycles. The van der Waals surface area contributed by atoms with Crippen LogP contribution in [0.1, 0.15) is 11.6 Å². The van der Waals surface area contributed by atoms with Gasteiger partial charge in [0.1, 0.15) is 11.8 Å². The number of benzene rings is 2. The third-order valence-corrected chi connectivity index (χ3v) is 3.92. The van der Waals surface area contributed by atoms with Crippen molar-refractivity contribution < 1.29 is 9.53 Å². The van der Waals surface area contributed by atoms with E-state index in [0.29, 0.717) is 5.02 Å². The number of carbonyl (C=O) groups excluding carboxylic acids is 1. The van der Waals surface area contributed by atoms with Crippen molar-refractivity contribution in [3.05, 3.63) is 59.1 Å². The Hall–Kier alpha value is -2.04. The Balaban J connectivity index is 1.94. The molecule has 108 valence electrons. The van der Waals surface area contributed by atoms with Gasteiger partial charge in [0.15, 0.2) is 0 Å². The zero-order chi connectivity index (χ0) is 15.0. The lowest BCUT2D eigenvalue weighted by Crippen LogP contribution is -2.63. The van der Waals surface area contributed by atoms with E-state index >= 15 is 0 Å². The summed E-state index contributed by atoms with van der Waals surface area (Å²) in [6, 6.07) is 14.0. The van der Waals surface area contributed by atoms with Crippen LogP contribution in [-0.4, -0.2) is 19.1 Å². The van der Waals surface area contributed by atoms with Gasteiger partial charge in [0, 0.05) is 10.7 Å². The molecule has 0 aliphatic carbocycles. The van der Waals surface area contributed by atoms with Crippen LogP contribution in [0.2, 0.25) is 5.02 Å². The van der Waals surface area contributed by atoms with Crippen LogP contribution in [-0.2, 0) is 4.79 Å². The average Bonchev–Trinajstić information content (AvgIpc) is 2.51. The van der Waals surface area contributed by atoms with Gasteiger partial charge in [-0.2, -0.15) is 0 Å². The SMILES string of the molecule is COc1ccc(N2C(=O)C(N)C2c2cccc(Cl)c2)cc1. The number of rotatable bonds is 3. The Bertz CT molecular complexity index is 672. The Morgan fingerprint density at radius 2 is 1.90 bits per heavy atom. The summed E-state index contributed by atoms with van der Waals surface area (Å²) >= 11 is 6.03. The number of hydrogen-bond donors (Lipinski definition) is 1. The maximum Gasteiger partial charge on any atom is 0.247 e. The Labute approximate surface area is 128 Å². The van der Waals surface area contributed by atoms with Crippen LogP contribution in [0.4, 0.5) is 5.69 Å². The van der Waals surface area contributed by atoms with Gasteiger partial charge < -0.3 is 15.4 Å². The molecular formula is C16H15ClN2O2. The molecule has 21 heavy (non-hydrogen) atoms. The van der Waals surface area contributed by atoms with E-state index in [9.17, 15) is 4.79 Å². The number of halogens is 1. The molecule has 3 rings (SSSR count). The maximum atomic E-state index is 12.1. The first kappa shape index (κ1) is 13.9. The number of methoxy groups -OCH3 is 1. The topological polar surface area (TPSA) is 55.6 Å². The molecule has 0 aromatic heterocycles. The summed E-state index contributed by atoms with van der Waals surface area (Å²) in [6.45, 7) is 0. The Morgan fingerprint density at radius 1 is 1.19 bits per heavy atom. The van der Waals surface area contributed by atoms with Crippen LogP contribution >= 0.6 is 11.6 Å². The number of hydrogen-bond acceptors (Lipinski definition) is 3. The van der Waals surface area contributed by atoms with Crippen molar-refractivity contribution in [2.24, 2.45) is 5.73 Å². The molecule has 0 saturated carbocycles. The predicted molar refractivity (Wildman–Crippen MR) is 82.6 cm³/mol. The van der Waals surface area contributed by atoms with E-state index in [2.05, 4.69) is 0 Å². The zero-order valence-corrected chi connectivity index (χ0v) is 12.2. The van der Waals surface area contributed by atoms with Crippen LogP contribution in [0.15, 0.2) is 48.5 Å². The average molecular weight is 303 g/mol. The van der Waals surface area contributed by atoms with E-state index in [1.807, 2.05) is 42.5 Å². The molecule has 1 amide bonds. The fourth-order valence-electron chi connectivity index (χ4n) is 2.59. The summed E-state index contributed by atoms with van der Waals surface area (Å²) in [6.07, 6.45) is 0. The third kappa shape index (κ3) is 2.37. The second-order valence-corrected chi connectivity index (χ2v) is 5.37. The highest BCUT2D eigenvalue weighted by Gasteiger charge is 2.46. The van der Waals surface area contributed by atoms with Gasteiger partial charge in [0.2, 0.25) is 5.91 Å². The van der Waals surface area contributed by atoms with E-state index < -0.39 is 6.04 Å². The number of nitrogens with zero attached hydrogens (tertiary/aromatic N) is 1. The molecule has 0 spiro atoms. The molecule has 0 radical (unpaired) electrons. The van der Waals surface area contributed by atoms with E-state index in [-0.39, 0.29) is 11.9 Å². The largest absolute Gasteiger partial charge is 0.497 e. The van der Waals surface area contributed by atoms with Crippen molar-refractivity contribution in [2.75, 3.05) is 12.0 Å². The molecule has 2 N–H and O–H groups in total. The minimum Gasteiger partial charge on any atom is -0.497 e. The minimum atomic E-state index is -0.537. The van der Waals surface area contributed by atoms with Crippen molar-refractivity contribution in [3.63, 3.8) is 0 Å². The van der Waals surface area contributed by atoms with Crippen molar-refractivity contribution in [1.29, 1.82) is 0 Å². The molecule has 5 heteroatoms. The fraction of sp³-hybridized carbons (Fsp3) is 0.188. The maximum absolute atomic E-state index is 12.1. The summed E-state index contributed by atoms with van der Waals surface area (Å²) in [5, 5.41) is 0.633. The van der Waals surface area contributed by atoms with Crippen LogP contribution < -0.4 is 15.4 Å². The van der Waals surface area contributed by atoms with Gasteiger partial charge in [-0.25, -0.2) is 0 Å². The van der Waals surface area contributed by atoms with E-state index in [0.717, 1.165) is 17.0 Å². The van der Waals surface area contributed by atoms with Crippen LogP contribution in [0.3, 0.4) is 0 Å². The van der Waals surface area contributed by atoms with Gasteiger partial charge in [-0.15, -0.1) is 0 Å². The number of ether oxygens (including phenoxy) is 1. The standard InChI is InChI=1S/C16H15ClN2O2/c1-21-13-7-5-12(6-8-13)19-15(14(18)16(19)20)10-3-2-4-11(17)9-10/h2-9,14-15H,18H2,1H3. The highest BCUT2D eigenvalue weighted by atomic mass is 35.5. The molecule has 1 aliphatic rings. The molecule has 2 atom stereocenters. The van der Waals surface area contributed by atoms with E-state index in [4.69, 9.17) is 22.1 Å². The molecule has 1 heterocycles. The fourth-order valence-corrected chi connectivity index (χ4v) is 2.79. The van der Waals surface area contributed by atoms with Gasteiger partial charge in [0.05, 0.1) is 13.2 Å². The van der Waals surface area contributed by atoms with E-state index in [1.54, 1.807) is 18.1 Å². The Morgan fingerprint density at radius 3 is 2.52 bits per heavy atom. The monoisotopic (exact) mass is 302 g/mol. The predicted octanol–water partition coefficient (Wildman–Crippen LogP) is 2.76. The number of β-lactam (4-membered cyclic amide) rings is 1. The molecule has 2 aromatic rings. The quantitative estimate of drug-likeness (QED) is 0.887. The second-order valence-electron chi connectivity index (χ2n) is 4.93. The van der Waals surface area contributed by atoms with Crippen LogP contribution in [0.25, 0.3) is 0 Å². The first-order chi connectivity index (χ1) is 10.1. The third-order valence-electron chi connectivity index (χ3n) is 3.68. The van der Waals surface area contributed by atoms with Gasteiger partial charge >= 0.3 is 0 Å². The molecule has 1 fully saturated rings. The van der Waals surface area contributed by atoms with Crippen molar-refractivity contribution >= 4 is 23.2 Å². The van der Waals surface area contributed by atoms with Crippen molar-refractivity contribution in [2.45, 2.75) is 12.1 Å². The highest BCUT2D eigenvalue weighted by molar-refractivity contribution is 6.30. The molecule has 2 unspecified atom stereocenters. The van der Waals surface area contributed by atoms with Crippen molar-refractivity contribution in [1.82, 2.24) is 0 Å². The smallest absolute Gasteiger partial charge is 0.247 e. The zero-order valence-electron chi connectivity index (χ0n) is 11.5. The summed E-state index contributed by atoms with van der Waals surface area (Å²) in [5.74, 6) is 0.653. The molecule has 2 aromatic carbocycles. The first-order valence-electron chi connectivity index (χ1n) is 6.60. The Kier molecular flexibility index (Phi) is 3.57. The highest BCUT2D eigenvalue weighted by Crippen LogP contribution is 2.39. The number of amides is 1. The van der Waals surface area contributed by atoms with Gasteiger partial charge in [-0.05, 0) is 42.0 Å². The van der Waals surface area contributed by atoms with Gasteiger partial charge in [-0.1, -0.05) is 23.7 Å². The van der Waals surface area contributed by atoms with E-state index in [1.165, 1.54) is 0 Å². The van der Waals surface area contributed by atoms with Crippen LogP contribution in [0, 0.1) is 0 Å². The number of carbonyl (C=O) groups is 1. The lowest BCUT2D eigenvalue weighted by atomic mass is 9.88. The van der Waals surface area contributed by atoms with Crippen LogP contribution in [0.5, 0.6) is 5.75 Å². The normalized spacial score (nSPS) is 21.1. The summed E-state index contributed by atoms with van der Waals surface area (Å²) in [4.78, 5) is 13.8. The number of anilines is 1. The molecule has 0 bridgehead atoms. The molecule has 1 aliphatic heterocycles. The summed E-state index contributed by atoms with van der Waals surface area (Å²) in [5.41, 5.74) is 7.71. The summed E-state index contributed by atoms with van der Waals surface area (Å²) < 4.78 is 5.13. The number of nitrogens with two attached hydrogens (primary N) is 1. The van der Waals surface area contributed by atoms with Gasteiger partial charge in [-0.3, -0.25) is 4.79 Å². The molecule has 4 nitrogen and oxygen atoms in total. The lowest BCUT2D eigenvalue weighted by Gasteiger charge is -2.45. The molecular weight excluding hydrogens is 288 g/mol. The first-order valence-corrected chi connectivity index (χ1v) is 6.98.